The van der Waals surface area contributed by atoms with Crippen LogP contribution in [0.2, 0.25) is 0 Å². The van der Waals surface area contributed by atoms with E-state index < -0.39 is 0 Å². The van der Waals surface area contributed by atoms with Gasteiger partial charge in [-0.3, -0.25) is 0 Å². The van der Waals surface area contributed by atoms with E-state index in [0.29, 0.717) is 5.54 Å². The minimum Gasteiger partial charge on any atom is -0.324 e. The zero-order valence-corrected chi connectivity index (χ0v) is 7.21. The monoisotopic (exact) mass is 180 g/mol. The summed E-state index contributed by atoms with van der Waals surface area (Å²) in [5.41, 5.74) is 6.69. The average molecular weight is 181 g/mol. The fourth-order valence-electron chi connectivity index (χ4n) is 5.83. The van der Waals surface area contributed by atoms with Crippen molar-refractivity contribution in [1.29, 1.82) is 5.26 Å². The third kappa shape index (κ3) is 0.189. The lowest BCUT2D eigenvalue weighted by Crippen LogP contribution is -3.14. The largest absolute Gasteiger partial charge is 0.324 e. The van der Waals surface area contributed by atoms with E-state index in [4.69, 9.17) is 11.0 Å². The van der Waals surface area contributed by atoms with Gasteiger partial charge in [-0.15, -0.1) is 12.4 Å². The van der Waals surface area contributed by atoms with Crippen LogP contribution in [0.4, 0.5) is 0 Å². The quantitative estimate of drug-likeness (QED) is 0.586. The fourth-order valence-corrected chi connectivity index (χ4v) is 5.83. The Bertz CT molecular complexity index is 316. The molecule has 6 aliphatic carbocycles. The van der Waals surface area contributed by atoms with Crippen LogP contribution in [-0.2, 0) is 0 Å². The summed E-state index contributed by atoms with van der Waals surface area (Å²) in [4.78, 5) is 0. The summed E-state index contributed by atoms with van der Waals surface area (Å²) in [6.45, 7) is 0. The summed E-state index contributed by atoms with van der Waals surface area (Å²) in [6.07, 6.45) is 0. The topological polar surface area (TPSA) is 49.8 Å². The number of rotatable bonds is 0. The summed E-state index contributed by atoms with van der Waals surface area (Å²) >= 11 is 0. The van der Waals surface area contributed by atoms with Crippen LogP contribution in [0.25, 0.3) is 0 Å². The van der Waals surface area contributed by atoms with Gasteiger partial charge in [0.15, 0.2) is 0 Å². The van der Waals surface area contributed by atoms with Crippen molar-refractivity contribution >= 4 is 12.4 Å². The van der Waals surface area contributed by atoms with Crippen molar-refractivity contribution < 1.29 is 0 Å². The van der Waals surface area contributed by atoms with E-state index in [1.54, 1.807) is 0 Å². The van der Waals surface area contributed by atoms with Crippen molar-refractivity contribution in [3.05, 3.63) is 0 Å². The van der Waals surface area contributed by atoms with Crippen LogP contribution in [0.15, 0.2) is 0 Å². The first kappa shape index (κ1) is 6.23. The van der Waals surface area contributed by atoms with Gasteiger partial charge in [0.05, 0.1) is 11.5 Å². The second-order valence-electron chi connectivity index (χ2n) is 5.20. The molecule has 0 bridgehead atoms. The second-order valence-corrected chi connectivity index (χ2v) is 5.20. The van der Waals surface area contributed by atoms with Crippen LogP contribution in [0.3, 0.4) is 0 Å². The summed E-state index contributed by atoms with van der Waals surface area (Å²) in [6, 6.07) is 2.55. The van der Waals surface area contributed by atoms with Gasteiger partial charge in [-0.1, -0.05) is 0 Å². The molecule has 6 rings (SSSR count). The molecule has 0 heterocycles. The number of nitriles is 1. The van der Waals surface area contributed by atoms with Gasteiger partial charge >= 0.3 is 0 Å². The smallest absolute Gasteiger partial charge is 0.0699 e. The highest BCUT2D eigenvalue weighted by Gasteiger charge is 3.09. The lowest BCUT2D eigenvalue weighted by atomic mass is 8.94. The molecule has 0 aromatic rings. The molecule has 0 radical (unpaired) electrons. The van der Waals surface area contributed by atoms with E-state index >= 15 is 0 Å². The summed E-state index contributed by atoms with van der Waals surface area (Å²) in [5.74, 6) is 4.75. The number of halogens is 1. The van der Waals surface area contributed by atoms with Crippen LogP contribution in [-0.4, -0.2) is 5.54 Å². The Labute approximate surface area is 76.5 Å². The molecule has 2 nitrogen and oxygen atoms in total. The van der Waals surface area contributed by atoms with Crippen molar-refractivity contribution in [2.75, 3.05) is 0 Å². The predicted octanol–water partition coefficient (Wildman–Crippen LogP) is 0.381. The van der Waals surface area contributed by atoms with Crippen molar-refractivity contribution in [3.8, 4) is 6.07 Å². The molecule has 6 fully saturated rings. The summed E-state index contributed by atoms with van der Waals surface area (Å²) in [7, 11) is 0. The molecule has 12 heavy (non-hydrogen) atoms. The van der Waals surface area contributed by atoms with E-state index in [1.165, 1.54) is 0 Å². The zero-order valence-electron chi connectivity index (χ0n) is 6.40. The van der Waals surface area contributed by atoms with Crippen molar-refractivity contribution in [1.82, 2.24) is 0 Å². The lowest BCUT2D eigenvalue weighted by molar-refractivity contribution is -0.602. The molecule has 0 unspecified atom stereocenters. The van der Waals surface area contributed by atoms with E-state index in [9.17, 15) is 0 Å². The molecule has 62 valence electrons. The molecule has 0 aromatic heterocycles. The van der Waals surface area contributed by atoms with Gasteiger partial charge in [0.25, 0.3) is 0 Å². The molecule has 2 N–H and O–H groups in total. The van der Waals surface area contributed by atoms with Gasteiger partial charge in [0.1, 0.15) is 0 Å². The molecule has 0 amide bonds. The van der Waals surface area contributed by atoms with Crippen molar-refractivity contribution in [3.63, 3.8) is 0 Å². The highest BCUT2D eigenvalue weighted by atomic mass is 35.5. The van der Waals surface area contributed by atoms with Crippen LogP contribution in [0.5, 0.6) is 0 Å². The third-order valence-electron chi connectivity index (χ3n) is 5.90. The van der Waals surface area contributed by atoms with Crippen molar-refractivity contribution in [2.24, 2.45) is 46.7 Å². The zero-order chi connectivity index (χ0) is 7.17. The maximum absolute atomic E-state index is 9.01. The fraction of sp³-hybridized carbons (Fsp3) is 0.889. The van der Waals surface area contributed by atoms with E-state index in [2.05, 4.69) is 6.07 Å². The molecule has 0 spiro atoms. The Morgan fingerprint density at radius 2 is 1.42 bits per heavy atom. The Kier molecular flexibility index (Phi) is 0.560. The Balaban J connectivity index is 0.000000450. The Hall–Kier alpha value is -0.260. The summed E-state index contributed by atoms with van der Waals surface area (Å²) in [5, 5.41) is 9.01. The minimum absolute atomic E-state index is 0. The first-order chi connectivity index (χ1) is 5.29. The molecule has 0 aliphatic heterocycles. The predicted molar refractivity (Wildman–Crippen MR) is 43.2 cm³/mol. The van der Waals surface area contributed by atoms with Gasteiger partial charge in [-0.05, 0) is 35.5 Å². The molecule has 0 atom stereocenters. The van der Waals surface area contributed by atoms with Gasteiger partial charge in [0.2, 0.25) is 0 Å². The molecular weight excluding hydrogens is 172 g/mol. The highest BCUT2D eigenvalue weighted by molar-refractivity contribution is 5.85. The molecule has 3 heteroatoms. The first-order valence-electron chi connectivity index (χ1n) is 4.49. The second kappa shape index (κ2) is 1.08. The number of nitrogens with zero attached hydrogens (tertiary/aromatic N) is 1. The van der Waals surface area contributed by atoms with Crippen molar-refractivity contribution in [2.45, 2.75) is 5.54 Å². The van der Waals surface area contributed by atoms with Crippen LogP contribution in [0.1, 0.15) is 0 Å². The normalized spacial score (nSPS) is 86.7. The standard InChI is InChI=1S/C9H8N2.ClH/c10-1-8-2-5-3(8)7-4(8)6(2)9(5,7)11;/h2-7H,11H2;1H. The first-order valence-corrected chi connectivity index (χ1v) is 4.49. The summed E-state index contributed by atoms with van der Waals surface area (Å²) < 4.78 is 0. The number of hydrogen-bond acceptors (Lipinski definition) is 2. The minimum atomic E-state index is 0. The number of hydrogen-bond donors (Lipinski definition) is 1. The van der Waals surface area contributed by atoms with Crippen LogP contribution in [0, 0.1) is 52.3 Å². The van der Waals surface area contributed by atoms with Gasteiger partial charge < -0.3 is 5.73 Å². The van der Waals surface area contributed by atoms with Gasteiger partial charge in [-0.2, -0.15) is 5.26 Å². The SMILES string of the molecule is Cl.N#CC12C3C4C1C1C2C3C41N. The maximum atomic E-state index is 9.01. The molecule has 0 saturated heterocycles. The Morgan fingerprint density at radius 3 is 1.75 bits per heavy atom. The maximum Gasteiger partial charge on any atom is 0.0699 e. The molecule has 0 aromatic carbocycles. The third-order valence-corrected chi connectivity index (χ3v) is 5.90. The number of nitrogens with two attached hydrogens (primary N) is 1. The van der Waals surface area contributed by atoms with Gasteiger partial charge in [0, 0.05) is 5.54 Å². The molecule has 6 saturated carbocycles. The van der Waals surface area contributed by atoms with E-state index in [-0.39, 0.29) is 17.8 Å². The molecule has 6 aliphatic rings. The lowest BCUT2D eigenvalue weighted by Gasteiger charge is -3.09. The van der Waals surface area contributed by atoms with E-state index in [1.807, 2.05) is 0 Å². The highest BCUT2D eigenvalue weighted by Crippen LogP contribution is 3.06. The van der Waals surface area contributed by atoms with Gasteiger partial charge in [-0.25, -0.2) is 0 Å². The van der Waals surface area contributed by atoms with Crippen LogP contribution >= 0.6 is 12.4 Å². The van der Waals surface area contributed by atoms with E-state index in [0.717, 1.165) is 35.5 Å². The average Bonchev–Trinajstić information content (AvgIpc) is 2.06. The molecular formula is C9H9ClN2. The Morgan fingerprint density at radius 1 is 1.00 bits per heavy atom. The van der Waals surface area contributed by atoms with Crippen LogP contribution < -0.4 is 5.73 Å².